The minimum atomic E-state index is -0.689. The van der Waals surface area contributed by atoms with Crippen LogP contribution in [-0.2, 0) is 16.0 Å². The van der Waals surface area contributed by atoms with E-state index in [2.05, 4.69) is 4.99 Å². The fourth-order valence-electron chi connectivity index (χ4n) is 4.00. The van der Waals surface area contributed by atoms with E-state index in [1.807, 2.05) is 32.9 Å². The number of methoxy groups -OCH3 is 1. The monoisotopic (exact) mass is 488 g/mol. The lowest BCUT2D eigenvalue weighted by Crippen LogP contribution is -2.33. The zero-order valence-electron chi connectivity index (χ0n) is 21.0. The van der Waals surface area contributed by atoms with Gasteiger partial charge in [-0.15, -0.1) is 0 Å². The molecule has 0 aliphatic heterocycles. The van der Waals surface area contributed by atoms with Gasteiger partial charge >= 0.3 is 5.97 Å². The molecule has 36 heavy (non-hydrogen) atoms. The van der Waals surface area contributed by atoms with E-state index >= 15 is 0 Å². The minimum absolute atomic E-state index is 0.00383. The van der Waals surface area contributed by atoms with Gasteiger partial charge in [-0.05, 0) is 68.7 Å². The summed E-state index contributed by atoms with van der Waals surface area (Å²) < 4.78 is 13.6. The molecule has 0 fully saturated rings. The summed E-state index contributed by atoms with van der Waals surface area (Å²) in [5.41, 5.74) is 3.67. The summed E-state index contributed by atoms with van der Waals surface area (Å²) in [5, 5.41) is 0.204. The third-order valence-electron chi connectivity index (χ3n) is 6.08. The molecule has 1 aromatic carbocycles. The number of carbonyl (C=O) groups is 2. The first-order valence-corrected chi connectivity index (χ1v) is 11.6. The highest BCUT2D eigenvalue weighted by molar-refractivity contribution is 5.97. The van der Waals surface area contributed by atoms with E-state index in [4.69, 9.17) is 14.5 Å². The molecule has 186 valence electrons. The number of hydrogen-bond donors (Lipinski definition) is 0. The number of benzene rings is 1. The van der Waals surface area contributed by atoms with E-state index in [0.29, 0.717) is 16.9 Å². The number of aromatic nitrogens is 3. The number of fused-ring (bicyclic) bond motifs is 2. The van der Waals surface area contributed by atoms with Crippen molar-refractivity contribution in [1.82, 2.24) is 14.0 Å². The predicted molar refractivity (Wildman–Crippen MR) is 135 cm³/mol. The second-order valence-corrected chi connectivity index (χ2v) is 8.50. The highest BCUT2D eigenvalue weighted by atomic mass is 16.5. The number of ether oxygens (including phenoxy) is 2. The van der Waals surface area contributed by atoms with Gasteiger partial charge in [-0.2, -0.15) is 4.99 Å². The maximum absolute atomic E-state index is 13.5. The fourth-order valence-corrected chi connectivity index (χ4v) is 4.00. The summed E-state index contributed by atoms with van der Waals surface area (Å²) in [6.07, 6.45) is 1.63. The van der Waals surface area contributed by atoms with E-state index in [1.54, 1.807) is 35.9 Å². The third kappa shape index (κ3) is 4.57. The van der Waals surface area contributed by atoms with Gasteiger partial charge in [-0.25, -0.2) is 9.78 Å². The van der Waals surface area contributed by atoms with Crippen LogP contribution in [0.2, 0.25) is 0 Å². The average Bonchev–Trinajstić information content (AvgIpc) is 2.85. The van der Waals surface area contributed by atoms with Gasteiger partial charge in [0.15, 0.2) is 5.49 Å². The minimum Gasteiger partial charge on any atom is -0.462 e. The third-order valence-corrected chi connectivity index (χ3v) is 6.08. The zero-order valence-corrected chi connectivity index (χ0v) is 21.0. The van der Waals surface area contributed by atoms with Crippen LogP contribution in [0.3, 0.4) is 0 Å². The van der Waals surface area contributed by atoms with Crippen molar-refractivity contribution >= 4 is 28.6 Å². The van der Waals surface area contributed by atoms with Crippen LogP contribution in [0.5, 0.6) is 0 Å². The van der Waals surface area contributed by atoms with E-state index in [-0.39, 0.29) is 41.8 Å². The van der Waals surface area contributed by atoms with Gasteiger partial charge in [-0.1, -0.05) is 12.1 Å². The van der Waals surface area contributed by atoms with Crippen LogP contribution < -0.4 is 11.0 Å². The van der Waals surface area contributed by atoms with Gasteiger partial charge in [-0.3, -0.25) is 14.0 Å². The van der Waals surface area contributed by atoms with Gasteiger partial charge in [0.25, 0.3) is 11.5 Å². The van der Waals surface area contributed by atoms with Crippen LogP contribution in [0.25, 0.3) is 16.7 Å². The molecular weight excluding hydrogens is 460 g/mol. The number of rotatable bonds is 6. The Labute approximate surface area is 207 Å². The average molecular weight is 489 g/mol. The molecule has 0 bridgehead atoms. The maximum atomic E-state index is 13.5. The van der Waals surface area contributed by atoms with Gasteiger partial charge in [0.2, 0.25) is 0 Å². The molecule has 0 atom stereocenters. The lowest BCUT2D eigenvalue weighted by Gasteiger charge is -2.15. The van der Waals surface area contributed by atoms with Crippen LogP contribution in [0, 0.1) is 20.8 Å². The van der Waals surface area contributed by atoms with Crippen molar-refractivity contribution in [1.29, 1.82) is 0 Å². The summed E-state index contributed by atoms with van der Waals surface area (Å²) in [4.78, 5) is 48.8. The van der Waals surface area contributed by atoms with Crippen LogP contribution in [0.15, 0.2) is 52.4 Å². The van der Waals surface area contributed by atoms with Gasteiger partial charge < -0.3 is 14.0 Å². The number of pyridine rings is 2. The first kappa shape index (κ1) is 25.0. The number of aryl methyl sites for hydroxylation is 3. The van der Waals surface area contributed by atoms with Crippen LogP contribution in [-0.4, -0.2) is 46.2 Å². The lowest BCUT2D eigenvalue weighted by atomic mass is 10.1. The summed E-state index contributed by atoms with van der Waals surface area (Å²) >= 11 is 0. The predicted octanol–water partition coefficient (Wildman–Crippen LogP) is 3.14. The summed E-state index contributed by atoms with van der Waals surface area (Å²) in [6, 6.07) is 10.3. The molecule has 1 amide bonds. The Morgan fingerprint density at radius 3 is 2.50 bits per heavy atom. The quantitative estimate of drug-likeness (QED) is 0.305. The van der Waals surface area contributed by atoms with Crippen molar-refractivity contribution in [2.45, 2.75) is 34.2 Å². The molecule has 0 aliphatic carbocycles. The van der Waals surface area contributed by atoms with Crippen LogP contribution in [0.1, 0.15) is 44.3 Å². The first-order chi connectivity index (χ1) is 17.3. The molecule has 3 heterocycles. The van der Waals surface area contributed by atoms with Crippen molar-refractivity contribution in [2.24, 2.45) is 4.99 Å². The van der Waals surface area contributed by atoms with Crippen molar-refractivity contribution in [3.8, 4) is 0 Å². The van der Waals surface area contributed by atoms with Crippen molar-refractivity contribution in [3.63, 3.8) is 0 Å². The van der Waals surface area contributed by atoms with Gasteiger partial charge in [0, 0.05) is 25.4 Å². The molecule has 9 nitrogen and oxygen atoms in total. The smallest absolute Gasteiger partial charge is 0.341 e. The second kappa shape index (κ2) is 10.2. The number of carbonyl (C=O) groups excluding carboxylic acids is 2. The molecule has 0 saturated heterocycles. The first-order valence-electron chi connectivity index (χ1n) is 11.6. The Balaban J connectivity index is 2.13. The topological polar surface area (TPSA) is 104 Å². The Hall–Kier alpha value is -4.11. The summed E-state index contributed by atoms with van der Waals surface area (Å²) in [5.74, 6) is -1.21. The Morgan fingerprint density at radius 1 is 1.03 bits per heavy atom. The molecule has 0 spiro atoms. The molecule has 3 aromatic heterocycles. The Kier molecular flexibility index (Phi) is 7.12. The van der Waals surface area contributed by atoms with E-state index in [0.717, 1.165) is 16.7 Å². The SMILES string of the molecule is CCOC(=O)c1cc2c(=O)n3cccc(C)c3nc2n(CCOC)c1=NC(=O)c1ccc(C)c(C)c1. The van der Waals surface area contributed by atoms with Crippen LogP contribution in [0.4, 0.5) is 0 Å². The largest absolute Gasteiger partial charge is 0.462 e. The van der Waals surface area contributed by atoms with Crippen LogP contribution >= 0.6 is 0 Å². The Bertz CT molecular complexity index is 1630. The molecule has 0 N–H and O–H groups in total. The number of esters is 1. The van der Waals surface area contributed by atoms with Gasteiger partial charge in [0.1, 0.15) is 16.9 Å². The molecule has 4 aromatic rings. The lowest BCUT2D eigenvalue weighted by molar-refractivity contribution is 0.0523. The molecule has 9 heteroatoms. The van der Waals surface area contributed by atoms with Crippen molar-refractivity contribution in [3.05, 3.63) is 86.3 Å². The molecule has 0 aliphatic rings. The second-order valence-electron chi connectivity index (χ2n) is 8.50. The highest BCUT2D eigenvalue weighted by Crippen LogP contribution is 2.15. The summed E-state index contributed by atoms with van der Waals surface area (Å²) in [6.45, 7) is 7.97. The van der Waals surface area contributed by atoms with E-state index in [1.165, 1.54) is 17.6 Å². The molecule has 4 rings (SSSR count). The van der Waals surface area contributed by atoms with E-state index < -0.39 is 11.9 Å². The summed E-state index contributed by atoms with van der Waals surface area (Å²) in [7, 11) is 1.54. The molecular formula is C27H28N4O5. The Morgan fingerprint density at radius 2 is 1.81 bits per heavy atom. The molecule has 0 radical (unpaired) electrons. The maximum Gasteiger partial charge on any atom is 0.341 e. The standard InChI is InChI=1S/C27H28N4O5/c1-6-36-27(34)21-15-20-23(28-22-17(3)8-7-11-31(22)26(20)33)30(12-13-35-5)24(21)29-25(32)19-10-9-16(2)18(4)14-19/h7-11,14-15H,6,12-13H2,1-5H3. The normalized spacial score (nSPS) is 11.9. The van der Waals surface area contributed by atoms with Crippen molar-refractivity contribution in [2.75, 3.05) is 20.3 Å². The number of amides is 1. The van der Waals surface area contributed by atoms with Crippen molar-refractivity contribution < 1.29 is 19.1 Å². The fraction of sp³-hybridized carbons (Fsp3) is 0.296. The number of hydrogen-bond acceptors (Lipinski definition) is 6. The molecule has 0 saturated carbocycles. The van der Waals surface area contributed by atoms with E-state index in [9.17, 15) is 14.4 Å². The highest BCUT2D eigenvalue weighted by Gasteiger charge is 2.20. The molecule has 0 unspecified atom stereocenters. The van der Waals surface area contributed by atoms with Gasteiger partial charge in [0.05, 0.1) is 18.6 Å². The number of nitrogens with zero attached hydrogens (tertiary/aromatic N) is 4. The zero-order chi connectivity index (χ0) is 26.0.